The maximum atomic E-state index is 13.2. The van der Waals surface area contributed by atoms with Crippen molar-refractivity contribution in [1.82, 2.24) is 10.2 Å². The van der Waals surface area contributed by atoms with Gasteiger partial charge in [-0.15, -0.1) is 0 Å². The van der Waals surface area contributed by atoms with Crippen LogP contribution >= 0.6 is 0 Å². The molecule has 25 heavy (non-hydrogen) atoms. The topological polar surface area (TPSA) is 84.7 Å². The molecule has 0 bridgehead atoms. The second-order valence-corrected chi connectivity index (χ2v) is 5.54. The van der Waals surface area contributed by atoms with Crippen molar-refractivity contribution < 1.29 is 31.9 Å². The van der Waals surface area contributed by atoms with Crippen molar-refractivity contribution in [1.29, 1.82) is 0 Å². The zero-order chi connectivity index (χ0) is 18.8. The Labute approximate surface area is 140 Å². The van der Waals surface area contributed by atoms with Gasteiger partial charge in [0.15, 0.2) is 0 Å². The van der Waals surface area contributed by atoms with E-state index in [1.165, 1.54) is 19.2 Å². The van der Waals surface area contributed by atoms with Gasteiger partial charge in [-0.05, 0) is 18.6 Å². The minimum Gasteiger partial charge on any atom is -0.427 e. The Balaban J connectivity index is 2.32. The molecule has 0 saturated carbocycles. The molecular formula is C15H17F4N3O3. The minimum absolute atomic E-state index is 0.0243. The molecule has 1 saturated heterocycles. The fraction of sp³-hybridized carbons (Fsp3) is 0.467. The molecule has 1 aliphatic rings. The summed E-state index contributed by atoms with van der Waals surface area (Å²) < 4.78 is 55.2. The Bertz CT molecular complexity index is 657. The second-order valence-electron chi connectivity index (χ2n) is 5.54. The number of rotatable bonds is 5. The zero-order valence-corrected chi connectivity index (χ0v) is 13.2. The molecule has 0 radical (unpaired) electrons. The summed E-state index contributed by atoms with van der Waals surface area (Å²) >= 11 is 0. The fourth-order valence-electron chi connectivity index (χ4n) is 2.59. The number of carbonyl (C=O) groups is 2. The van der Waals surface area contributed by atoms with Crippen molar-refractivity contribution in [2.24, 2.45) is 5.73 Å². The molecular weight excluding hydrogens is 346 g/mol. The quantitative estimate of drug-likeness (QED) is 0.771. The van der Waals surface area contributed by atoms with E-state index in [1.807, 2.05) is 0 Å². The number of ether oxygens (including phenoxy) is 1. The van der Waals surface area contributed by atoms with Crippen LogP contribution < -0.4 is 15.8 Å². The average molecular weight is 363 g/mol. The molecule has 2 atom stereocenters. The van der Waals surface area contributed by atoms with Crippen LogP contribution in [-0.4, -0.2) is 54.9 Å². The summed E-state index contributed by atoms with van der Waals surface area (Å²) in [6.07, 6.45) is -8.62. The predicted molar refractivity (Wildman–Crippen MR) is 79.5 cm³/mol. The van der Waals surface area contributed by atoms with Gasteiger partial charge in [0.1, 0.15) is 11.8 Å². The van der Waals surface area contributed by atoms with E-state index >= 15 is 0 Å². The summed E-state index contributed by atoms with van der Waals surface area (Å²) in [5.74, 6) is -1.96. The molecule has 1 aromatic rings. The van der Waals surface area contributed by atoms with Crippen LogP contribution in [0.2, 0.25) is 0 Å². The van der Waals surface area contributed by atoms with Gasteiger partial charge in [-0.1, -0.05) is 12.1 Å². The number of likely N-dealkylation sites (N-methyl/N-ethyl adjacent to an activating group) is 1. The first-order chi connectivity index (χ1) is 11.7. The smallest absolute Gasteiger partial charge is 0.427 e. The van der Waals surface area contributed by atoms with Crippen LogP contribution in [0.25, 0.3) is 0 Å². The molecule has 2 amide bonds. The number of amides is 2. The third kappa shape index (κ3) is 4.01. The summed E-state index contributed by atoms with van der Waals surface area (Å²) in [5, 5.41) is 2.39. The number of carbonyl (C=O) groups excluding carboxylic acids is 2. The first-order valence-corrected chi connectivity index (χ1v) is 7.39. The monoisotopic (exact) mass is 363 g/mol. The van der Waals surface area contributed by atoms with Gasteiger partial charge < -0.3 is 20.7 Å². The number of alkyl halides is 4. The third-order valence-corrected chi connectivity index (χ3v) is 3.76. The number of halogens is 4. The molecule has 0 spiro atoms. The van der Waals surface area contributed by atoms with Crippen molar-refractivity contribution in [3.05, 3.63) is 29.8 Å². The number of nitrogens with one attached hydrogen (secondary N) is 1. The van der Waals surface area contributed by atoms with Crippen LogP contribution in [-0.2, 0) is 4.79 Å². The molecule has 0 aliphatic carbocycles. The lowest BCUT2D eigenvalue weighted by atomic mass is 10.1. The average Bonchev–Trinajstić information content (AvgIpc) is 2.95. The molecule has 1 aliphatic heterocycles. The summed E-state index contributed by atoms with van der Waals surface area (Å²) in [6, 6.07) is 3.42. The van der Waals surface area contributed by atoms with Gasteiger partial charge >= 0.3 is 12.5 Å². The van der Waals surface area contributed by atoms with E-state index in [4.69, 9.17) is 5.73 Å². The second kappa shape index (κ2) is 7.26. The first-order valence-electron chi connectivity index (χ1n) is 7.39. The zero-order valence-electron chi connectivity index (χ0n) is 13.2. The number of hydrogen-bond acceptors (Lipinski definition) is 4. The molecule has 0 aromatic heterocycles. The van der Waals surface area contributed by atoms with E-state index in [9.17, 15) is 27.2 Å². The van der Waals surface area contributed by atoms with Gasteiger partial charge in [-0.2, -0.15) is 17.6 Å². The van der Waals surface area contributed by atoms with E-state index in [2.05, 4.69) is 10.1 Å². The number of likely N-dealkylation sites (tertiary alicyclic amines) is 1. The molecule has 6 nitrogen and oxygen atoms in total. The van der Waals surface area contributed by atoms with Crippen molar-refractivity contribution in [3.8, 4) is 5.75 Å². The Kier molecular flexibility index (Phi) is 5.51. The van der Waals surface area contributed by atoms with Crippen molar-refractivity contribution in [2.45, 2.75) is 31.0 Å². The van der Waals surface area contributed by atoms with Gasteiger partial charge in [0.05, 0.1) is 5.56 Å². The van der Waals surface area contributed by atoms with Crippen LogP contribution in [0.4, 0.5) is 17.6 Å². The molecule has 0 unspecified atom stereocenters. The summed E-state index contributed by atoms with van der Waals surface area (Å²) in [5.41, 5.74) is 5.42. The van der Waals surface area contributed by atoms with Gasteiger partial charge in [-0.25, -0.2) is 0 Å². The fourth-order valence-corrected chi connectivity index (χ4v) is 2.59. The number of nitrogens with two attached hydrogens (primary N) is 1. The van der Waals surface area contributed by atoms with Gasteiger partial charge in [0.25, 0.3) is 5.91 Å². The molecule has 2 rings (SSSR count). The summed E-state index contributed by atoms with van der Waals surface area (Å²) in [7, 11) is 1.38. The first kappa shape index (κ1) is 19.0. The SMILES string of the molecule is CNC(=O)[C@@H]1C[C@H](N)CN1C(=O)c1ccccc1OC(F)(F)C(F)F. The normalized spacial score (nSPS) is 20.7. The maximum Gasteiger partial charge on any atom is 0.461 e. The van der Waals surface area contributed by atoms with Crippen molar-refractivity contribution in [2.75, 3.05) is 13.6 Å². The number of benzene rings is 1. The summed E-state index contributed by atoms with van der Waals surface area (Å²) in [4.78, 5) is 25.7. The number of nitrogens with zero attached hydrogens (tertiary/aromatic N) is 1. The van der Waals surface area contributed by atoms with Crippen LogP contribution in [0.5, 0.6) is 5.75 Å². The lowest BCUT2D eigenvalue weighted by Gasteiger charge is -2.25. The predicted octanol–water partition coefficient (Wildman–Crippen LogP) is 1.21. The standard InChI is InChI=1S/C15H17F4N3O3/c1-21-12(23)10-6-8(20)7-22(10)13(24)9-4-2-3-5-11(9)25-15(18,19)14(16)17/h2-5,8,10,14H,6-7,20H2,1H3,(H,21,23)/t8-,10-/m0/s1. The van der Waals surface area contributed by atoms with Gasteiger partial charge in [0.2, 0.25) is 5.91 Å². The summed E-state index contributed by atoms with van der Waals surface area (Å²) in [6.45, 7) is 0.0243. The van der Waals surface area contributed by atoms with Crippen molar-refractivity contribution >= 4 is 11.8 Å². The van der Waals surface area contributed by atoms with Crippen LogP contribution in [0.15, 0.2) is 24.3 Å². The van der Waals surface area contributed by atoms with Crippen LogP contribution in [0, 0.1) is 0 Å². The Hall–Kier alpha value is -2.36. The largest absolute Gasteiger partial charge is 0.461 e. The van der Waals surface area contributed by atoms with Crippen molar-refractivity contribution in [3.63, 3.8) is 0 Å². The molecule has 1 fully saturated rings. The Morgan fingerprint density at radius 3 is 2.60 bits per heavy atom. The Morgan fingerprint density at radius 1 is 1.36 bits per heavy atom. The minimum atomic E-state index is -4.75. The van der Waals surface area contributed by atoms with Gasteiger partial charge in [0, 0.05) is 19.6 Å². The lowest BCUT2D eigenvalue weighted by molar-refractivity contribution is -0.253. The van der Waals surface area contributed by atoms with E-state index in [0.29, 0.717) is 0 Å². The number of para-hydroxylation sites is 1. The van der Waals surface area contributed by atoms with E-state index < -0.39 is 42.2 Å². The van der Waals surface area contributed by atoms with E-state index in [0.717, 1.165) is 17.0 Å². The highest BCUT2D eigenvalue weighted by Gasteiger charge is 2.45. The van der Waals surface area contributed by atoms with Gasteiger partial charge in [-0.3, -0.25) is 9.59 Å². The lowest BCUT2D eigenvalue weighted by Crippen LogP contribution is -2.45. The molecule has 3 N–H and O–H groups in total. The van der Waals surface area contributed by atoms with Crippen LogP contribution in [0.1, 0.15) is 16.8 Å². The highest BCUT2D eigenvalue weighted by molar-refractivity contribution is 6.00. The molecule has 138 valence electrons. The Morgan fingerprint density at radius 2 is 2.00 bits per heavy atom. The van der Waals surface area contributed by atoms with E-state index in [1.54, 1.807) is 0 Å². The molecule has 1 aromatic carbocycles. The highest BCUT2D eigenvalue weighted by Crippen LogP contribution is 2.31. The maximum absolute atomic E-state index is 13.2. The molecule has 10 heteroatoms. The third-order valence-electron chi connectivity index (χ3n) is 3.76. The van der Waals surface area contributed by atoms with Crippen LogP contribution in [0.3, 0.4) is 0 Å². The molecule has 1 heterocycles. The number of hydrogen-bond donors (Lipinski definition) is 2. The highest BCUT2D eigenvalue weighted by atomic mass is 19.3. The van der Waals surface area contributed by atoms with E-state index in [-0.39, 0.29) is 18.5 Å².